The first-order valence-corrected chi connectivity index (χ1v) is 28.2. The number of alkyl carbamates (subject to hydrolysis) is 1. The fourth-order valence-corrected chi connectivity index (χ4v) is 10.2. The quantitative estimate of drug-likeness (QED) is 0.0319. The maximum Gasteiger partial charge on any atom is 0.407 e. The van der Waals surface area contributed by atoms with Crippen LogP contribution in [-0.4, -0.2) is 197 Å². The molecule has 1 aromatic rings. The van der Waals surface area contributed by atoms with E-state index in [4.69, 9.17) is 23.7 Å². The number of benzene rings is 1. The van der Waals surface area contributed by atoms with E-state index in [9.17, 15) is 43.5 Å². The maximum absolute atomic E-state index is 14.4. The van der Waals surface area contributed by atoms with Crippen LogP contribution in [-0.2, 0) is 63.7 Å². The Bertz CT molecular complexity index is 2040. The third-order valence-electron chi connectivity index (χ3n) is 14.7. The average Bonchev–Trinajstić information content (AvgIpc) is 3.90. The second kappa shape index (κ2) is 36.0. The highest BCUT2D eigenvalue weighted by atomic mass is 16.7. The summed E-state index contributed by atoms with van der Waals surface area (Å²) in [5.74, 6) is -3.82. The molecule has 6 N–H and O–H groups in total. The zero-order valence-electron chi connectivity index (χ0n) is 50.0. The first-order chi connectivity index (χ1) is 37.4. The molecule has 0 aromatic heterocycles. The number of carbonyl (C=O) groups is 8. The first-order valence-electron chi connectivity index (χ1n) is 28.2. The summed E-state index contributed by atoms with van der Waals surface area (Å²) in [7, 11) is 8.34. The Kier molecular flexibility index (Phi) is 31.8. The Hall–Kier alpha value is -5.42. The molecule has 3 unspecified atom stereocenters. The molecule has 12 atom stereocenters. The van der Waals surface area contributed by atoms with E-state index in [1.54, 1.807) is 23.8 Å². The Labute approximate surface area is 470 Å². The van der Waals surface area contributed by atoms with Crippen LogP contribution in [0.15, 0.2) is 30.3 Å². The molecular formula is C57H98N8O14. The maximum atomic E-state index is 14.4. The van der Waals surface area contributed by atoms with Crippen molar-refractivity contribution in [1.82, 2.24) is 41.3 Å². The lowest BCUT2D eigenvalue weighted by Crippen LogP contribution is -2.58. The molecule has 1 aliphatic heterocycles. The van der Waals surface area contributed by atoms with E-state index < -0.39 is 84.4 Å². The molecule has 0 spiro atoms. The lowest BCUT2D eigenvalue weighted by atomic mass is 9.84. The van der Waals surface area contributed by atoms with E-state index >= 15 is 0 Å². The average molecular weight is 1120 g/mol. The largest absolute Gasteiger partial charge is 0.464 e. The molecule has 0 bridgehead atoms. The number of ether oxygens (including phenoxy) is 5. The predicted octanol–water partition coefficient (Wildman–Crippen LogP) is 3.41. The van der Waals surface area contributed by atoms with Crippen molar-refractivity contribution in [3.05, 3.63) is 35.9 Å². The van der Waals surface area contributed by atoms with Crippen molar-refractivity contribution in [2.24, 2.45) is 29.6 Å². The Morgan fingerprint density at radius 1 is 0.772 bits per heavy atom. The van der Waals surface area contributed by atoms with Gasteiger partial charge in [0.2, 0.25) is 35.4 Å². The number of methoxy groups -OCH3 is 2. The van der Waals surface area contributed by atoms with Gasteiger partial charge in [0.05, 0.1) is 43.4 Å². The van der Waals surface area contributed by atoms with Gasteiger partial charge in [-0.1, -0.05) is 99.1 Å². The molecule has 2 rings (SSSR count). The summed E-state index contributed by atoms with van der Waals surface area (Å²) in [6, 6.07) is 5.32. The topological polar surface area (TPSA) is 273 Å². The van der Waals surface area contributed by atoms with Crippen molar-refractivity contribution >= 4 is 47.5 Å². The standard InChI is InChI=1S/C57H98N8O14/c1-16-37(7)50(64(13)55(72)48(35(3)4)62-54(71)49(36(5)6)63(11)12)38(8)31-46(68)65-29-21-25-44(65)51(76-15)39(9)52(69)61-43(32-41-23-19-18-20-24-41)53(70)58-27-22-30-77-56(73)40(10)60-45(67)26-28-59-57(74)78-34-47(75-14)79-42(17-2)33-66/h18-20,23-24,35-40,42-44,47-51,66H,16-17,21-22,25-34H2,1-15H3,(H,58,70)(H,59,74)(H,60,67)(H,61,69)(H,62,71)/t37?,38-,39-,40+,42?,43+,44+,47?,48+,49+,50+,51-/m1/s1. The highest BCUT2D eigenvalue weighted by molar-refractivity contribution is 5.91. The fourth-order valence-electron chi connectivity index (χ4n) is 10.2. The monoisotopic (exact) mass is 1120 g/mol. The van der Waals surface area contributed by atoms with Gasteiger partial charge in [-0.25, -0.2) is 9.59 Å². The predicted molar refractivity (Wildman–Crippen MR) is 299 cm³/mol. The minimum atomic E-state index is -1.00. The number of hydrogen-bond donors (Lipinski definition) is 6. The molecule has 1 heterocycles. The molecule has 1 saturated heterocycles. The number of nitrogens with zero attached hydrogens (tertiary/aromatic N) is 3. The number of carbonyl (C=O) groups excluding carboxylic acids is 8. The molecule has 1 fully saturated rings. The Morgan fingerprint density at radius 3 is 2.01 bits per heavy atom. The van der Waals surface area contributed by atoms with Gasteiger partial charge < -0.3 is 65.2 Å². The summed E-state index contributed by atoms with van der Waals surface area (Å²) >= 11 is 0. The lowest BCUT2D eigenvalue weighted by Gasteiger charge is -2.40. The Morgan fingerprint density at radius 2 is 1.44 bits per heavy atom. The van der Waals surface area contributed by atoms with Crippen LogP contribution in [0.1, 0.15) is 120 Å². The molecule has 450 valence electrons. The molecule has 0 radical (unpaired) electrons. The minimum Gasteiger partial charge on any atom is -0.464 e. The molecule has 0 saturated carbocycles. The summed E-state index contributed by atoms with van der Waals surface area (Å²) in [4.78, 5) is 113. The number of nitrogens with one attached hydrogen (secondary N) is 5. The van der Waals surface area contributed by atoms with Crippen molar-refractivity contribution in [2.75, 3.05) is 74.8 Å². The van der Waals surface area contributed by atoms with Gasteiger partial charge in [0, 0.05) is 66.2 Å². The number of likely N-dealkylation sites (N-methyl/N-ethyl adjacent to an activating group) is 2. The van der Waals surface area contributed by atoms with E-state index in [1.807, 2.05) is 90.9 Å². The lowest BCUT2D eigenvalue weighted by molar-refractivity contribution is -0.181. The number of esters is 1. The first kappa shape index (κ1) is 69.7. The van der Waals surface area contributed by atoms with Crippen molar-refractivity contribution in [3.8, 4) is 0 Å². The molecule has 79 heavy (non-hydrogen) atoms. The van der Waals surface area contributed by atoms with Crippen LogP contribution in [0.2, 0.25) is 0 Å². The van der Waals surface area contributed by atoms with E-state index in [-0.39, 0.29) is 106 Å². The van der Waals surface area contributed by atoms with E-state index in [2.05, 4.69) is 40.4 Å². The van der Waals surface area contributed by atoms with Crippen LogP contribution in [0.3, 0.4) is 0 Å². The Balaban J connectivity index is 2.04. The summed E-state index contributed by atoms with van der Waals surface area (Å²) in [6.45, 7) is 18.8. The summed E-state index contributed by atoms with van der Waals surface area (Å²) in [6.07, 6.45) is 0.109. The third kappa shape index (κ3) is 22.9. The molecule has 7 amide bonds. The van der Waals surface area contributed by atoms with Crippen LogP contribution in [0.5, 0.6) is 0 Å². The van der Waals surface area contributed by atoms with Gasteiger partial charge in [0.25, 0.3) is 0 Å². The zero-order valence-corrected chi connectivity index (χ0v) is 50.0. The van der Waals surface area contributed by atoms with E-state index in [1.165, 1.54) is 21.1 Å². The van der Waals surface area contributed by atoms with Crippen molar-refractivity contribution in [3.63, 3.8) is 0 Å². The summed E-state index contributed by atoms with van der Waals surface area (Å²) in [5, 5.41) is 23.1. The smallest absolute Gasteiger partial charge is 0.407 e. The highest BCUT2D eigenvalue weighted by Gasteiger charge is 2.43. The van der Waals surface area contributed by atoms with Gasteiger partial charge in [-0.15, -0.1) is 0 Å². The summed E-state index contributed by atoms with van der Waals surface area (Å²) < 4.78 is 27.0. The number of likely N-dealkylation sites (tertiary alicyclic amines) is 1. The van der Waals surface area contributed by atoms with Crippen LogP contribution in [0.25, 0.3) is 0 Å². The normalized spacial score (nSPS) is 17.7. The minimum absolute atomic E-state index is 0.0244. The fraction of sp³-hybridized carbons (Fsp3) is 0.754. The van der Waals surface area contributed by atoms with Crippen molar-refractivity contribution in [2.45, 2.75) is 175 Å². The molecule has 0 aliphatic carbocycles. The molecule has 1 aromatic carbocycles. The van der Waals surface area contributed by atoms with Gasteiger partial charge in [-0.2, -0.15) is 0 Å². The molecular weight excluding hydrogens is 1020 g/mol. The second-order valence-corrected chi connectivity index (χ2v) is 21.8. The van der Waals surface area contributed by atoms with Crippen LogP contribution >= 0.6 is 0 Å². The number of hydrogen-bond acceptors (Lipinski definition) is 15. The summed E-state index contributed by atoms with van der Waals surface area (Å²) in [5.41, 5.74) is 0.809. The SMILES string of the molecule is CCC(CO)OC(COC(=O)NCCC(=O)N[C@@H](C)C(=O)OCCCNC(=O)[C@H](Cc1ccccc1)NC(=O)[C@H](C)[C@@H](OC)[C@@H]1CCCN1C(=O)C[C@@H](C)[C@H](C(C)CC)N(C)C(=O)[C@@H](NC(=O)[C@H](C(C)C)N(C)C)C(C)C)OC. The molecule has 22 nitrogen and oxygen atoms in total. The molecule has 22 heteroatoms. The zero-order chi connectivity index (χ0) is 59.5. The van der Waals surface area contributed by atoms with Gasteiger partial charge >= 0.3 is 12.1 Å². The van der Waals surface area contributed by atoms with Crippen LogP contribution in [0, 0.1) is 29.6 Å². The van der Waals surface area contributed by atoms with Gasteiger partial charge in [0.15, 0.2) is 6.29 Å². The van der Waals surface area contributed by atoms with Gasteiger partial charge in [-0.05, 0) is 75.9 Å². The van der Waals surface area contributed by atoms with Crippen LogP contribution in [0.4, 0.5) is 4.79 Å². The van der Waals surface area contributed by atoms with Crippen molar-refractivity contribution < 1.29 is 67.1 Å². The van der Waals surface area contributed by atoms with Crippen LogP contribution < -0.4 is 26.6 Å². The number of rotatable bonds is 36. The van der Waals surface area contributed by atoms with E-state index in [0.717, 1.165) is 12.0 Å². The number of aliphatic hydroxyl groups excluding tert-OH is 1. The third-order valence-corrected chi connectivity index (χ3v) is 14.7. The highest BCUT2D eigenvalue weighted by Crippen LogP contribution is 2.31. The van der Waals surface area contributed by atoms with Crippen molar-refractivity contribution in [1.29, 1.82) is 0 Å². The van der Waals surface area contributed by atoms with Gasteiger partial charge in [0.1, 0.15) is 24.7 Å². The number of aliphatic hydroxyl groups is 1. The number of amides is 7. The van der Waals surface area contributed by atoms with E-state index in [0.29, 0.717) is 25.8 Å². The second-order valence-electron chi connectivity index (χ2n) is 21.8. The molecule has 1 aliphatic rings. The van der Waals surface area contributed by atoms with Gasteiger partial charge in [-0.3, -0.25) is 33.7 Å².